The van der Waals surface area contributed by atoms with E-state index in [2.05, 4.69) is 42.4 Å². The van der Waals surface area contributed by atoms with Crippen LogP contribution in [0.25, 0.3) is 0 Å². The first kappa shape index (κ1) is 12.9. The minimum absolute atomic E-state index is 0.448. The Bertz CT molecular complexity index is 293. The van der Waals surface area contributed by atoms with E-state index in [1.807, 2.05) is 18.5 Å². The monoisotopic (exact) mass is 218 g/mol. The minimum Gasteiger partial charge on any atom is -0.310 e. The molecule has 0 bridgehead atoms. The molecule has 0 radical (unpaired) electrons. The third kappa shape index (κ3) is 4.58. The quantitative estimate of drug-likeness (QED) is 0.560. The van der Waals surface area contributed by atoms with Crippen LogP contribution < -0.4 is 5.32 Å². The minimum atomic E-state index is 0.448. The molecule has 1 atom stereocenters. The van der Waals surface area contributed by atoms with Gasteiger partial charge in [-0.3, -0.25) is 4.98 Å². The predicted octanol–water partition coefficient (Wildman–Crippen LogP) is 3.48. The summed E-state index contributed by atoms with van der Waals surface area (Å²) >= 11 is 0. The molecule has 2 heteroatoms. The molecule has 0 spiro atoms. The Kier molecular flexibility index (Phi) is 6.50. The normalized spacial score (nSPS) is 13.1. The molecule has 0 aliphatic carbocycles. The highest BCUT2D eigenvalue weighted by atomic mass is 14.9. The molecule has 0 saturated carbocycles. The van der Waals surface area contributed by atoms with Gasteiger partial charge in [0.1, 0.15) is 0 Å². The molecule has 1 N–H and O–H groups in total. The van der Waals surface area contributed by atoms with Crippen molar-refractivity contribution < 1.29 is 0 Å². The van der Waals surface area contributed by atoms with Crippen molar-refractivity contribution in [2.24, 2.45) is 0 Å². The van der Waals surface area contributed by atoms with Crippen molar-refractivity contribution in [1.82, 2.24) is 10.3 Å². The first-order valence-electron chi connectivity index (χ1n) is 6.13. The topological polar surface area (TPSA) is 24.9 Å². The van der Waals surface area contributed by atoms with Crippen LogP contribution in [0.4, 0.5) is 0 Å². The number of pyridine rings is 1. The fourth-order valence-corrected chi connectivity index (χ4v) is 1.76. The number of aromatic nitrogens is 1. The van der Waals surface area contributed by atoms with Gasteiger partial charge >= 0.3 is 0 Å². The molecule has 0 fully saturated rings. The number of allylic oxidation sites excluding steroid dienone is 1. The van der Waals surface area contributed by atoms with E-state index in [0.29, 0.717) is 6.04 Å². The number of hydrogen-bond acceptors (Lipinski definition) is 2. The van der Waals surface area contributed by atoms with E-state index in [1.54, 1.807) is 0 Å². The van der Waals surface area contributed by atoms with Gasteiger partial charge in [-0.2, -0.15) is 0 Å². The maximum absolute atomic E-state index is 4.18. The van der Waals surface area contributed by atoms with E-state index in [1.165, 1.54) is 18.4 Å². The summed E-state index contributed by atoms with van der Waals surface area (Å²) in [4.78, 5) is 4.18. The SMILES string of the molecule is C/C=C/CCNC(CCC)c1cccnc1. The molecule has 88 valence electrons. The predicted molar refractivity (Wildman–Crippen MR) is 69.3 cm³/mol. The summed E-state index contributed by atoms with van der Waals surface area (Å²) in [6, 6.07) is 4.60. The highest BCUT2D eigenvalue weighted by Gasteiger charge is 2.08. The smallest absolute Gasteiger partial charge is 0.0335 e. The second-order valence-corrected chi connectivity index (χ2v) is 3.94. The molecular weight excluding hydrogens is 196 g/mol. The first-order chi connectivity index (χ1) is 7.88. The Morgan fingerprint density at radius 3 is 3.00 bits per heavy atom. The molecule has 0 aliphatic rings. The van der Waals surface area contributed by atoms with Gasteiger partial charge in [0.15, 0.2) is 0 Å². The molecule has 1 rings (SSSR count). The van der Waals surface area contributed by atoms with Gasteiger partial charge in [0.05, 0.1) is 0 Å². The lowest BCUT2D eigenvalue weighted by Crippen LogP contribution is -2.22. The molecule has 0 aliphatic heterocycles. The van der Waals surface area contributed by atoms with Crippen LogP contribution >= 0.6 is 0 Å². The highest BCUT2D eigenvalue weighted by molar-refractivity contribution is 5.13. The first-order valence-corrected chi connectivity index (χ1v) is 6.13. The summed E-state index contributed by atoms with van der Waals surface area (Å²) in [7, 11) is 0. The number of rotatable bonds is 7. The van der Waals surface area contributed by atoms with Crippen LogP contribution in [0.5, 0.6) is 0 Å². The fourth-order valence-electron chi connectivity index (χ4n) is 1.76. The van der Waals surface area contributed by atoms with Crippen LogP contribution in [0.15, 0.2) is 36.7 Å². The molecule has 1 aromatic heterocycles. The van der Waals surface area contributed by atoms with Crippen LogP contribution in [0, 0.1) is 0 Å². The molecule has 2 nitrogen and oxygen atoms in total. The average Bonchev–Trinajstić information content (AvgIpc) is 2.34. The lowest BCUT2D eigenvalue weighted by molar-refractivity contribution is 0.498. The van der Waals surface area contributed by atoms with Gasteiger partial charge in [-0.1, -0.05) is 31.6 Å². The zero-order chi connectivity index (χ0) is 11.6. The number of nitrogens with one attached hydrogen (secondary N) is 1. The van der Waals surface area contributed by atoms with Crippen LogP contribution in [0.1, 0.15) is 44.7 Å². The van der Waals surface area contributed by atoms with Gasteiger partial charge in [-0.15, -0.1) is 0 Å². The van der Waals surface area contributed by atoms with Gasteiger partial charge < -0.3 is 5.32 Å². The van der Waals surface area contributed by atoms with Crippen LogP contribution in [-0.2, 0) is 0 Å². The largest absolute Gasteiger partial charge is 0.310 e. The van der Waals surface area contributed by atoms with Crippen molar-refractivity contribution >= 4 is 0 Å². The maximum atomic E-state index is 4.18. The summed E-state index contributed by atoms with van der Waals surface area (Å²) in [5.41, 5.74) is 1.30. The summed E-state index contributed by atoms with van der Waals surface area (Å²) < 4.78 is 0. The maximum Gasteiger partial charge on any atom is 0.0335 e. The van der Waals surface area contributed by atoms with Gasteiger partial charge in [0.25, 0.3) is 0 Å². The van der Waals surface area contributed by atoms with Crippen LogP contribution in [0.2, 0.25) is 0 Å². The Labute approximate surface area is 98.8 Å². The summed E-state index contributed by atoms with van der Waals surface area (Å²) in [6.07, 6.45) is 11.5. The van der Waals surface area contributed by atoms with Gasteiger partial charge in [0, 0.05) is 18.4 Å². The Morgan fingerprint density at radius 2 is 2.38 bits per heavy atom. The molecule has 0 aromatic carbocycles. The van der Waals surface area contributed by atoms with Gasteiger partial charge in [-0.25, -0.2) is 0 Å². The molecular formula is C14H22N2. The lowest BCUT2D eigenvalue weighted by Gasteiger charge is -2.17. The Balaban J connectivity index is 2.47. The van der Waals surface area contributed by atoms with Crippen molar-refractivity contribution in [2.75, 3.05) is 6.54 Å². The van der Waals surface area contributed by atoms with Crippen molar-refractivity contribution in [3.05, 3.63) is 42.2 Å². The molecule has 16 heavy (non-hydrogen) atoms. The number of hydrogen-bond donors (Lipinski definition) is 1. The van der Waals surface area contributed by atoms with Crippen molar-refractivity contribution in [2.45, 2.75) is 39.2 Å². The fraction of sp³-hybridized carbons (Fsp3) is 0.500. The van der Waals surface area contributed by atoms with E-state index >= 15 is 0 Å². The zero-order valence-electron chi connectivity index (χ0n) is 10.3. The highest BCUT2D eigenvalue weighted by Crippen LogP contribution is 2.16. The molecule has 1 aromatic rings. The zero-order valence-corrected chi connectivity index (χ0v) is 10.3. The molecule has 0 amide bonds. The van der Waals surface area contributed by atoms with Crippen LogP contribution in [0.3, 0.4) is 0 Å². The molecule has 0 saturated heterocycles. The lowest BCUT2D eigenvalue weighted by atomic mass is 10.0. The summed E-state index contributed by atoms with van der Waals surface area (Å²) in [6.45, 7) is 5.31. The standard InChI is InChI=1S/C14H22N2/c1-3-5-6-11-16-14(8-4-2)13-9-7-10-15-12-13/h3,5,7,9-10,12,14,16H,4,6,8,11H2,1-2H3/b5-3+. The van der Waals surface area contributed by atoms with Gasteiger partial charge in [-0.05, 0) is 37.9 Å². The molecule has 1 unspecified atom stereocenters. The third-order valence-corrected chi connectivity index (χ3v) is 2.60. The summed E-state index contributed by atoms with van der Waals surface area (Å²) in [5.74, 6) is 0. The average molecular weight is 218 g/mol. The van der Waals surface area contributed by atoms with E-state index in [-0.39, 0.29) is 0 Å². The summed E-state index contributed by atoms with van der Waals surface area (Å²) in [5, 5.41) is 3.58. The molecule has 1 heterocycles. The second-order valence-electron chi connectivity index (χ2n) is 3.94. The number of nitrogens with zero attached hydrogens (tertiary/aromatic N) is 1. The van der Waals surface area contributed by atoms with Crippen molar-refractivity contribution in [3.63, 3.8) is 0 Å². The van der Waals surface area contributed by atoms with E-state index < -0.39 is 0 Å². The van der Waals surface area contributed by atoms with E-state index in [4.69, 9.17) is 0 Å². The van der Waals surface area contributed by atoms with Crippen LogP contribution in [-0.4, -0.2) is 11.5 Å². The van der Waals surface area contributed by atoms with Crippen molar-refractivity contribution in [3.8, 4) is 0 Å². The van der Waals surface area contributed by atoms with Gasteiger partial charge in [0.2, 0.25) is 0 Å². The Morgan fingerprint density at radius 1 is 1.50 bits per heavy atom. The second kappa shape index (κ2) is 8.05. The Hall–Kier alpha value is -1.15. The van der Waals surface area contributed by atoms with E-state index in [0.717, 1.165) is 13.0 Å². The van der Waals surface area contributed by atoms with E-state index in [9.17, 15) is 0 Å². The van der Waals surface area contributed by atoms with Crippen molar-refractivity contribution in [1.29, 1.82) is 0 Å². The third-order valence-electron chi connectivity index (χ3n) is 2.60.